The number of halogens is 4. The minimum Gasteiger partial charge on any atom is -0.319 e. The Morgan fingerprint density at radius 2 is 1.59 bits per heavy atom. The van der Waals surface area contributed by atoms with Crippen LogP contribution in [0.3, 0.4) is 0 Å². The number of rotatable bonds is 3. The molecular weight excluding hydrogens is 362 g/mol. The van der Waals surface area contributed by atoms with E-state index in [4.69, 9.17) is 0 Å². The van der Waals surface area contributed by atoms with Crippen LogP contribution in [0.1, 0.15) is 33.1 Å². The van der Waals surface area contributed by atoms with Crippen molar-refractivity contribution in [1.82, 2.24) is 10.2 Å². The molecule has 0 atom stereocenters. The summed E-state index contributed by atoms with van der Waals surface area (Å²) < 4.78 is 54.4. The second-order valence-electron chi connectivity index (χ2n) is 6.38. The van der Waals surface area contributed by atoms with Crippen molar-refractivity contribution in [2.45, 2.75) is 18.8 Å². The zero-order valence-corrected chi connectivity index (χ0v) is 13.8. The average Bonchev–Trinajstić information content (AvgIpc) is 3.21. The first-order valence-electron chi connectivity index (χ1n) is 8.20. The normalized spacial score (nSPS) is 13.6. The van der Waals surface area contributed by atoms with E-state index in [-0.39, 0.29) is 11.6 Å². The van der Waals surface area contributed by atoms with E-state index < -0.39 is 34.7 Å². The van der Waals surface area contributed by atoms with Crippen LogP contribution in [0, 0.1) is 23.3 Å². The Morgan fingerprint density at radius 1 is 1.00 bits per heavy atom. The SMILES string of the molecule is O=C(Nc1c[nH]nc1C1Cc2cc(F)c(F)cc2C1)c1c(F)cccc1F. The quantitative estimate of drug-likeness (QED) is 0.677. The van der Waals surface area contributed by atoms with Gasteiger partial charge in [-0.2, -0.15) is 5.10 Å². The van der Waals surface area contributed by atoms with Gasteiger partial charge in [-0.3, -0.25) is 9.89 Å². The molecule has 2 aromatic carbocycles. The van der Waals surface area contributed by atoms with Crippen molar-refractivity contribution in [2.24, 2.45) is 0 Å². The summed E-state index contributed by atoms with van der Waals surface area (Å²) in [6.45, 7) is 0. The fraction of sp³-hybridized carbons (Fsp3) is 0.158. The third-order valence-electron chi connectivity index (χ3n) is 4.67. The van der Waals surface area contributed by atoms with Crippen molar-refractivity contribution in [2.75, 3.05) is 5.32 Å². The third-order valence-corrected chi connectivity index (χ3v) is 4.67. The highest BCUT2D eigenvalue weighted by Crippen LogP contribution is 2.37. The molecule has 0 radical (unpaired) electrons. The van der Waals surface area contributed by atoms with E-state index in [1.807, 2.05) is 0 Å². The van der Waals surface area contributed by atoms with Gasteiger partial charge < -0.3 is 5.32 Å². The van der Waals surface area contributed by atoms with Crippen molar-refractivity contribution in [3.63, 3.8) is 0 Å². The minimum absolute atomic E-state index is 0.229. The summed E-state index contributed by atoms with van der Waals surface area (Å²) in [4.78, 5) is 12.3. The zero-order chi connectivity index (χ0) is 19.1. The van der Waals surface area contributed by atoms with Gasteiger partial charge in [-0.1, -0.05) is 6.07 Å². The molecule has 1 aromatic heterocycles. The maximum absolute atomic E-state index is 13.8. The number of nitrogens with zero attached hydrogens (tertiary/aromatic N) is 1. The molecule has 1 heterocycles. The van der Waals surface area contributed by atoms with Crippen molar-refractivity contribution < 1.29 is 22.4 Å². The molecular formula is C19H13F4N3O. The average molecular weight is 375 g/mol. The van der Waals surface area contributed by atoms with Gasteiger partial charge in [0.2, 0.25) is 0 Å². The number of hydrogen-bond acceptors (Lipinski definition) is 2. The lowest BCUT2D eigenvalue weighted by molar-refractivity contribution is 0.101. The van der Waals surface area contributed by atoms with Crippen molar-refractivity contribution in [3.8, 4) is 0 Å². The Morgan fingerprint density at radius 3 is 2.19 bits per heavy atom. The van der Waals surface area contributed by atoms with Crippen LogP contribution in [-0.4, -0.2) is 16.1 Å². The van der Waals surface area contributed by atoms with E-state index in [0.717, 1.165) is 24.3 Å². The molecule has 0 saturated heterocycles. The highest BCUT2D eigenvalue weighted by Gasteiger charge is 2.29. The molecule has 1 amide bonds. The highest BCUT2D eigenvalue weighted by atomic mass is 19.2. The molecule has 4 rings (SSSR count). The number of benzene rings is 2. The lowest BCUT2D eigenvalue weighted by Crippen LogP contribution is -2.17. The number of hydrogen-bond donors (Lipinski definition) is 2. The van der Waals surface area contributed by atoms with E-state index in [1.54, 1.807) is 0 Å². The molecule has 8 heteroatoms. The van der Waals surface area contributed by atoms with Gasteiger partial charge in [0.15, 0.2) is 11.6 Å². The predicted octanol–water partition coefficient (Wildman–Crippen LogP) is 4.10. The zero-order valence-electron chi connectivity index (χ0n) is 13.8. The topological polar surface area (TPSA) is 57.8 Å². The first kappa shape index (κ1) is 17.3. The van der Waals surface area contributed by atoms with Gasteiger partial charge in [-0.25, -0.2) is 17.6 Å². The monoisotopic (exact) mass is 375 g/mol. The van der Waals surface area contributed by atoms with Crippen LogP contribution in [0.5, 0.6) is 0 Å². The molecule has 0 fully saturated rings. The van der Waals surface area contributed by atoms with Gasteiger partial charge in [0.05, 0.1) is 11.4 Å². The Balaban J connectivity index is 1.58. The Bertz CT molecular complexity index is 996. The third kappa shape index (κ3) is 3.07. The molecule has 1 aliphatic rings. The first-order valence-corrected chi connectivity index (χ1v) is 8.20. The van der Waals surface area contributed by atoms with E-state index in [0.29, 0.717) is 29.7 Å². The van der Waals surface area contributed by atoms with Gasteiger partial charge in [-0.05, 0) is 48.2 Å². The van der Waals surface area contributed by atoms with Gasteiger partial charge in [-0.15, -0.1) is 0 Å². The fourth-order valence-electron chi connectivity index (χ4n) is 3.42. The number of carbonyl (C=O) groups is 1. The molecule has 4 nitrogen and oxygen atoms in total. The Labute approximate surface area is 151 Å². The van der Waals surface area contributed by atoms with Crippen LogP contribution in [0.25, 0.3) is 0 Å². The number of amides is 1. The van der Waals surface area contributed by atoms with Crippen LogP contribution in [0.2, 0.25) is 0 Å². The molecule has 2 N–H and O–H groups in total. The lowest BCUT2D eigenvalue weighted by atomic mass is 10.0. The van der Waals surface area contributed by atoms with E-state index in [2.05, 4.69) is 15.5 Å². The minimum atomic E-state index is -0.975. The maximum Gasteiger partial charge on any atom is 0.261 e. The molecule has 0 bridgehead atoms. The van der Waals surface area contributed by atoms with Crippen LogP contribution >= 0.6 is 0 Å². The molecule has 27 heavy (non-hydrogen) atoms. The van der Waals surface area contributed by atoms with E-state index >= 15 is 0 Å². The Hall–Kier alpha value is -3.16. The molecule has 0 aliphatic heterocycles. The summed E-state index contributed by atoms with van der Waals surface area (Å²) in [5.74, 6) is -4.96. The van der Waals surface area contributed by atoms with Crippen LogP contribution in [0.15, 0.2) is 36.5 Å². The summed E-state index contributed by atoms with van der Waals surface area (Å²) >= 11 is 0. The highest BCUT2D eigenvalue weighted by molar-refractivity contribution is 6.04. The Kier molecular flexibility index (Phi) is 4.18. The second kappa shape index (κ2) is 6.53. The van der Waals surface area contributed by atoms with Gasteiger partial charge in [0.1, 0.15) is 17.2 Å². The molecule has 3 aromatic rings. The number of anilines is 1. The largest absolute Gasteiger partial charge is 0.319 e. The number of aromatic amines is 1. The molecule has 138 valence electrons. The second-order valence-corrected chi connectivity index (χ2v) is 6.38. The number of H-pyrrole nitrogens is 1. The fourth-order valence-corrected chi connectivity index (χ4v) is 3.42. The summed E-state index contributed by atoms with van der Waals surface area (Å²) in [6.07, 6.45) is 2.22. The summed E-state index contributed by atoms with van der Waals surface area (Å²) in [6, 6.07) is 5.46. The molecule has 0 unspecified atom stereocenters. The van der Waals surface area contributed by atoms with Crippen LogP contribution < -0.4 is 5.32 Å². The van der Waals surface area contributed by atoms with Gasteiger partial charge in [0, 0.05) is 12.1 Å². The number of fused-ring (bicyclic) bond motifs is 1. The predicted molar refractivity (Wildman–Crippen MR) is 89.4 cm³/mol. The van der Waals surface area contributed by atoms with Gasteiger partial charge >= 0.3 is 0 Å². The molecule has 0 spiro atoms. The van der Waals surface area contributed by atoms with Crippen molar-refractivity contribution >= 4 is 11.6 Å². The standard InChI is InChI=1S/C19H13F4N3O/c20-12-2-1-3-13(21)17(12)19(27)25-16-8-24-26-18(16)11-4-9-6-14(22)15(23)7-10(9)5-11/h1-3,6-8,11H,4-5H2,(H,24,26)(H,25,27). The van der Waals surface area contributed by atoms with Crippen molar-refractivity contribution in [1.29, 1.82) is 0 Å². The smallest absolute Gasteiger partial charge is 0.261 e. The number of nitrogens with one attached hydrogen (secondary N) is 2. The lowest BCUT2D eigenvalue weighted by Gasteiger charge is -2.11. The summed E-state index contributed by atoms with van der Waals surface area (Å²) in [7, 11) is 0. The maximum atomic E-state index is 13.8. The van der Waals surface area contributed by atoms with E-state index in [9.17, 15) is 22.4 Å². The van der Waals surface area contributed by atoms with Gasteiger partial charge in [0.25, 0.3) is 5.91 Å². The van der Waals surface area contributed by atoms with E-state index in [1.165, 1.54) is 12.3 Å². The van der Waals surface area contributed by atoms with Crippen LogP contribution in [-0.2, 0) is 12.8 Å². The van der Waals surface area contributed by atoms with Crippen molar-refractivity contribution in [3.05, 3.63) is 82.2 Å². The molecule has 0 saturated carbocycles. The first-order chi connectivity index (χ1) is 12.9. The summed E-state index contributed by atoms with van der Waals surface area (Å²) in [5, 5.41) is 9.17. The van der Waals surface area contributed by atoms with Crippen LogP contribution in [0.4, 0.5) is 23.2 Å². The number of carbonyl (C=O) groups excluding carboxylic acids is 1. The summed E-state index contributed by atoms with van der Waals surface area (Å²) in [5.41, 5.74) is 1.36. The molecule has 1 aliphatic carbocycles. The number of aromatic nitrogens is 2.